The molecule has 2 rings (SSSR count). The molecular weight excluding hydrogens is 242 g/mol. The van der Waals surface area contributed by atoms with E-state index in [2.05, 4.69) is 36.4 Å². The molecule has 2 heterocycles. The third-order valence-electron chi connectivity index (χ3n) is 2.76. The summed E-state index contributed by atoms with van der Waals surface area (Å²) in [7, 11) is 0. The topological polar surface area (TPSA) is 63.2 Å². The second-order valence-corrected chi connectivity index (χ2v) is 5.80. The lowest BCUT2D eigenvalue weighted by atomic mass is 10.1. The van der Waals surface area contributed by atoms with E-state index in [0.29, 0.717) is 12.4 Å². The zero-order valence-electron chi connectivity index (χ0n) is 11.7. The fourth-order valence-electron chi connectivity index (χ4n) is 1.97. The fourth-order valence-corrected chi connectivity index (χ4v) is 1.97. The summed E-state index contributed by atoms with van der Waals surface area (Å²) in [6.07, 6.45) is 3.13. The summed E-state index contributed by atoms with van der Waals surface area (Å²) in [6.45, 7) is 6.92. The lowest BCUT2D eigenvalue weighted by Gasteiger charge is -2.21. The Bertz CT molecular complexity index is 431. The number of rotatable bonds is 3. The number of hydrogen-bond donors (Lipinski definition) is 2. The first kappa shape index (κ1) is 13.8. The Labute approximate surface area is 113 Å². The molecule has 1 fully saturated rings. The largest absolute Gasteiger partial charge is 0.379 e. The Morgan fingerprint density at radius 1 is 1.42 bits per heavy atom. The Morgan fingerprint density at radius 3 is 2.74 bits per heavy atom. The van der Waals surface area contributed by atoms with E-state index in [-0.39, 0.29) is 17.6 Å². The van der Waals surface area contributed by atoms with Gasteiger partial charge in [-0.3, -0.25) is 4.79 Å². The zero-order valence-corrected chi connectivity index (χ0v) is 11.7. The number of ether oxygens (including phenoxy) is 1. The molecule has 1 atom stereocenters. The molecule has 19 heavy (non-hydrogen) atoms. The molecule has 5 heteroatoms. The quantitative estimate of drug-likeness (QED) is 0.879. The first-order valence-electron chi connectivity index (χ1n) is 6.61. The summed E-state index contributed by atoms with van der Waals surface area (Å²) in [5, 5.41) is 6.09. The molecule has 0 radical (unpaired) electrons. The van der Waals surface area contributed by atoms with E-state index in [1.54, 1.807) is 12.3 Å². The van der Waals surface area contributed by atoms with Crippen LogP contribution in [0.1, 0.15) is 33.6 Å². The molecule has 0 aliphatic carbocycles. The lowest BCUT2D eigenvalue weighted by molar-refractivity contribution is -0.124. The van der Waals surface area contributed by atoms with Crippen molar-refractivity contribution < 1.29 is 9.53 Å². The van der Waals surface area contributed by atoms with Crippen LogP contribution in [0.2, 0.25) is 0 Å². The first-order chi connectivity index (χ1) is 8.94. The number of nitrogens with one attached hydrogen (secondary N) is 2. The van der Waals surface area contributed by atoms with Gasteiger partial charge in [0.1, 0.15) is 11.9 Å². The van der Waals surface area contributed by atoms with Gasteiger partial charge in [-0.25, -0.2) is 4.98 Å². The van der Waals surface area contributed by atoms with Crippen molar-refractivity contribution in [3.8, 4) is 0 Å². The minimum Gasteiger partial charge on any atom is -0.379 e. The highest BCUT2D eigenvalue weighted by Gasteiger charge is 2.23. The Kier molecular flexibility index (Phi) is 4.04. The van der Waals surface area contributed by atoms with Crippen molar-refractivity contribution in [1.82, 2.24) is 4.98 Å². The van der Waals surface area contributed by atoms with E-state index >= 15 is 0 Å². The third kappa shape index (κ3) is 4.21. The Balaban J connectivity index is 1.93. The monoisotopic (exact) mass is 263 g/mol. The molecule has 1 saturated heterocycles. The highest BCUT2D eigenvalue weighted by molar-refractivity contribution is 5.93. The number of amides is 1. The third-order valence-corrected chi connectivity index (χ3v) is 2.76. The van der Waals surface area contributed by atoms with Gasteiger partial charge in [-0.15, -0.1) is 0 Å². The normalized spacial score (nSPS) is 19.2. The van der Waals surface area contributed by atoms with Gasteiger partial charge in [0, 0.05) is 12.1 Å². The molecule has 1 aliphatic heterocycles. The van der Waals surface area contributed by atoms with Crippen molar-refractivity contribution in [2.45, 2.75) is 45.3 Å². The predicted octanol–water partition coefficient (Wildman–Crippen LogP) is 2.41. The maximum atomic E-state index is 11.8. The number of aromatic nitrogens is 1. The minimum atomic E-state index is -0.325. The van der Waals surface area contributed by atoms with Crippen LogP contribution in [0.15, 0.2) is 18.3 Å². The average Bonchev–Trinajstić information content (AvgIpc) is 2.83. The van der Waals surface area contributed by atoms with E-state index in [9.17, 15) is 4.79 Å². The summed E-state index contributed by atoms with van der Waals surface area (Å²) in [6, 6.07) is 3.70. The smallest absolute Gasteiger partial charge is 0.254 e. The molecule has 0 bridgehead atoms. The van der Waals surface area contributed by atoms with Crippen LogP contribution in [0.3, 0.4) is 0 Å². The van der Waals surface area contributed by atoms with Gasteiger partial charge >= 0.3 is 0 Å². The molecular formula is C14H21N3O2. The van der Waals surface area contributed by atoms with E-state index in [0.717, 1.165) is 18.5 Å². The Morgan fingerprint density at radius 2 is 2.21 bits per heavy atom. The molecule has 1 amide bonds. The van der Waals surface area contributed by atoms with Gasteiger partial charge in [0.15, 0.2) is 0 Å². The van der Waals surface area contributed by atoms with Crippen molar-refractivity contribution in [2.24, 2.45) is 0 Å². The van der Waals surface area contributed by atoms with E-state index in [1.165, 1.54) is 0 Å². The SMILES string of the molecule is CC(C)(C)Nc1ccc(NC(=O)C2CCCO2)nc1. The van der Waals surface area contributed by atoms with E-state index in [4.69, 9.17) is 4.74 Å². The van der Waals surface area contributed by atoms with Crippen LogP contribution in [0.25, 0.3) is 0 Å². The van der Waals surface area contributed by atoms with Crippen molar-refractivity contribution in [3.05, 3.63) is 18.3 Å². The Hall–Kier alpha value is -1.62. The maximum Gasteiger partial charge on any atom is 0.254 e. The van der Waals surface area contributed by atoms with E-state index < -0.39 is 0 Å². The first-order valence-corrected chi connectivity index (χ1v) is 6.61. The van der Waals surface area contributed by atoms with Gasteiger partial charge in [0.2, 0.25) is 0 Å². The highest BCUT2D eigenvalue weighted by Crippen LogP contribution is 2.17. The van der Waals surface area contributed by atoms with Crippen LogP contribution >= 0.6 is 0 Å². The van der Waals surface area contributed by atoms with Crippen molar-refractivity contribution in [2.75, 3.05) is 17.2 Å². The standard InChI is InChI=1S/C14H21N3O2/c1-14(2,3)17-10-6-7-12(15-9-10)16-13(18)11-5-4-8-19-11/h6-7,9,11,17H,4-5,8H2,1-3H3,(H,15,16,18). The van der Waals surface area contributed by atoms with Crippen LogP contribution in [-0.2, 0) is 9.53 Å². The van der Waals surface area contributed by atoms with Crippen LogP contribution in [0.4, 0.5) is 11.5 Å². The molecule has 5 nitrogen and oxygen atoms in total. The maximum absolute atomic E-state index is 11.8. The van der Waals surface area contributed by atoms with Crippen molar-refractivity contribution in [1.29, 1.82) is 0 Å². The molecule has 1 aromatic heterocycles. The van der Waals surface area contributed by atoms with Gasteiger partial charge in [-0.1, -0.05) is 0 Å². The number of carbonyl (C=O) groups excluding carboxylic acids is 1. The summed E-state index contributed by atoms with van der Waals surface area (Å²) in [5.41, 5.74) is 0.923. The van der Waals surface area contributed by atoms with Gasteiger partial charge in [0.25, 0.3) is 5.91 Å². The van der Waals surface area contributed by atoms with Gasteiger partial charge < -0.3 is 15.4 Å². The second kappa shape index (κ2) is 5.57. The molecule has 1 aromatic rings. The van der Waals surface area contributed by atoms with Gasteiger partial charge in [0.05, 0.1) is 11.9 Å². The van der Waals surface area contributed by atoms with Gasteiger partial charge in [-0.05, 0) is 45.7 Å². The molecule has 104 valence electrons. The molecule has 2 N–H and O–H groups in total. The fraction of sp³-hybridized carbons (Fsp3) is 0.571. The molecule has 1 unspecified atom stereocenters. The average molecular weight is 263 g/mol. The number of nitrogens with zero attached hydrogens (tertiary/aromatic N) is 1. The van der Waals surface area contributed by atoms with Crippen LogP contribution in [0.5, 0.6) is 0 Å². The molecule has 1 aliphatic rings. The number of pyridine rings is 1. The second-order valence-electron chi connectivity index (χ2n) is 5.80. The van der Waals surface area contributed by atoms with Crippen LogP contribution in [0, 0.1) is 0 Å². The number of anilines is 2. The summed E-state index contributed by atoms with van der Waals surface area (Å²) in [4.78, 5) is 16.1. The molecule has 0 spiro atoms. The summed E-state index contributed by atoms with van der Waals surface area (Å²) >= 11 is 0. The van der Waals surface area contributed by atoms with Crippen molar-refractivity contribution >= 4 is 17.4 Å². The van der Waals surface area contributed by atoms with Crippen LogP contribution in [-0.4, -0.2) is 29.1 Å². The predicted molar refractivity (Wildman–Crippen MR) is 75.2 cm³/mol. The highest BCUT2D eigenvalue weighted by atomic mass is 16.5. The minimum absolute atomic E-state index is 0.00979. The number of carbonyl (C=O) groups is 1. The van der Waals surface area contributed by atoms with Crippen LogP contribution < -0.4 is 10.6 Å². The lowest BCUT2D eigenvalue weighted by Crippen LogP contribution is -2.27. The van der Waals surface area contributed by atoms with Gasteiger partial charge in [-0.2, -0.15) is 0 Å². The summed E-state index contributed by atoms with van der Waals surface area (Å²) < 4.78 is 5.32. The molecule has 0 saturated carbocycles. The summed E-state index contributed by atoms with van der Waals surface area (Å²) in [5.74, 6) is 0.446. The van der Waals surface area contributed by atoms with Crippen molar-refractivity contribution in [3.63, 3.8) is 0 Å². The zero-order chi connectivity index (χ0) is 13.9. The molecule has 0 aromatic carbocycles. The number of hydrogen-bond acceptors (Lipinski definition) is 4. The van der Waals surface area contributed by atoms with E-state index in [1.807, 2.05) is 6.07 Å².